The number of benzene rings is 2. The van der Waals surface area contributed by atoms with Gasteiger partial charge in [-0.25, -0.2) is 4.79 Å². The van der Waals surface area contributed by atoms with Crippen molar-refractivity contribution in [2.24, 2.45) is 0 Å². The first-order valence-corrected chi connectivity index (χ1v) is 15.1. The summed E-state index contributed by atoms with van der Waals surface area (Å²) in [5.74, 6) is 1.73. The number of urea groups is 1. The average molecular weight is 665 g/mol. The van der Waals surface area contributed by atoms with Crippen molar-refractivity contribution in [2.45, 2.75) is 38.8 Å². The van der Waals surface area contributed by atoms with Crippen LogP contribution in [0.4, 0.5) is 4.79 Å². The van der Waals surface area contributed by atoms with Gasteiger partial charge in [0.15, 0.2) is 11.5 Å². The summed E-state index contributed by atoms with van der Waals surface area (Å²) in [7, 11) is -1.75. The number of hydroxylamine groups is 2. The van der Waals surface area contributed by atoms with Gasteiger partial charge in [-0.1, -0.05) is 30.3 Å². The molecule has 0 saturated carbocycles. The molecule has 14 nitrogen and oxygen atoms in total. The van der Waals surface area contributed by atoms with Gasteiger partial charge >= 0.3 is 46.0 Å². The van der Waals surface area contributed by atoms with Crippen LogP contribution in [0, 0.1) is 0 Å². The molecule has 2 atom stereocenters. The first kappa shape index (κ1) is 35.0. The van der Waals surface area contributed by atoms with Crippen molar-refractivity contribution in [1.29, 1.82) is 0 Å². The number of carbonyl (C=O) groups excluding carboxylic acids is 2. The van der Waals surface area contributed by atoms with E-state index >= 15 is 0 Å². The number of carbonyl (C=O) groups is 2. The maximum atomic E-state index is 13.2. The molecule has 2 aromatic carbocycles. The number of ether oxygens (including phenoxy) is 4. The minimum atomic E-state index is -4.93. The number of pyridine rings is 1. The monoisotopic (exact) mass is 664 g/mol. The van der Waals surface area contributed by atoms with Gasteiger partial charge in [-0.3, -0.25) is 14.3 Å². The summed E-state index contributed by atoms with van der Waals surface area (Å²) in [6.07, 6.45) is 3.06. The SMILES string of the molecule is COc1ccc(COc2cnc(CNC(=O)C3C=C(C)C4CN3C(=O)N4OS(=O)(=O)O)cc2OCc2ccc(OC)cc2)cc1.[NaH]. The Bertz CT molecular complexity index is 1690. The van der Waals surface area contributed by atoms with E-state index in [1.54, 1.807) is 33.3 Å². The molecular formula is C30H33N4NaO10S. The standard InChI is InChI=1S/C30H32N4O10S.Na.H/c1-19-12-25(33-16-26(19)34(30(33)36)44-45(37,38)39)29(35)32-14-22-13-27(42-17-20-4-8-23(40-2)9-5-20)28(15-31-22)43-18-21-6-10-24(41-3)11-7-21;;/h4-13,15,25-26H,14,16-18H2,1-3H3,(H,32,35)(H,37,38,39);;. The molecule has 2 aliphatic heterocycles. The molecule has 0 radical (unpaired) electrons. The molecule has 2 unspecified atom stereocenters. The number of hydrogen-bond acceptors (Lipinski definition) is 10. The third-order valence-corrected chi connectivity index (χ3v) is 7.60. The summed E-state index contributed by atoms with van der Waals surface area (Å²) in [5, 5.41) is 3.32. The molecule has 2 N–H and O–H groups in total. The Hall–Kier alpha value is -3.86. The van der Waals surface area contributed by atoms with E-state index in [1.165, 1.54) is 6.20 Å². The third kappa shape index (κ3) is 8.48. The van der Waals surface area contributed by atoms with E-state index in [9.17, 15) is 18.0 Å². The van der Waals surface area contributed by atoms with Gasteiger partial charge in [0.05, 0.1) is 39.2 Å². The predicted octanol–water partition coefficient (Wildman–Crippen LogP) is 2.39. The summed E-state index contributed by atoms with van der Waals surface area (Å²) in [6.45, 7) is 2.12. The topological polar surface area (TPSA) is 166 Å². The first-order valence-electron chi connectivity index (χ1n) is 13.8. The van der Waals surface area contributed by atoms with Crippen LogP contribution in [0.15, 0.2) is 72.4 Å². The molecular weight excluding hydrogens is 631 g/mol. The van der Waals surface area contributed by atoms with Crippen molar-refractivity contribution < 1.29 is 45.8 Å². The summed E-state index contributed by atoms with van der Waals surface area (Å²) < 4.78 is 58.6. The second-order valence-corrected chi connectivity index (χ2v) is 11.3. The van der Waals surface area contributed by atoms with Gasteiger partial charge in [-0.2, -0.15) is 13.5 Å². The fourth-order valence-corrected chi connectivity index (χ4v) is 5.21. The second-order valence-electron chi connectivity index (χ2n) is 10.2. The van der Waals surface area contributed by atoms with Crippen molar-refractivity contribution in [2.75, 3.05) is 20.8 Å². The number of amides is 3. The van der Waals surface area contributed by atoms with Gasteiger partial charge in [0.2, 0.25) is 5.91 Å². The predicted molar refractivity (Wildman–Crippen MR) is 166 cm³/mol. The number of fused-ring (bicyclic) bond motifs is 2. The van der Waals surface area contributed by atoms with Crippen LogP contribution in [0.1, 0.15) is 23.7 Å². The molecule has 46 heavy (non-hydrogen) atoms. The van der Waals surface area contributed by atoms with Crippen LogP contribution in [-0.4, -0.2) is 102 Å². The molecule has 1 fully saturated rings. The molecule has 2 bridgehead atoms. The van der Waals surface area contributed by atoms with Crippen molar-refractivity contribution in [3.05, 3.63) is 89.3 Å². The van der Waals surface area contributed by atoms with Crippen LogP contribution in [0.5, 0.6) is 23.0 Å². The van der Waals surface area contributed by atoms with Gasteiger partial charge in [-0.15, -0.1) is 4.28 Å². The Morgan fingerprint density at radius 3 is 2.09 bits per heavy atom. The fourth-order valence-electron chi connectivity index (χ4n) is 4.84. The third-order valence-electron chi connectivity index (χ3n) is 7.25. The number of aromatic nitrogens is 1. The van der Waals surface area contributed by atoms with E-state index in [-0.39, 0.29) is 55.9 Å². The molecule has 0 aliphatic carbocycles. The normalized spacial score (nSPS) is 17.1. The van der Waals surface area contributed by atoms with Crippen LogP contribution in [0.2, 0.25) is 0 Å². The van der Waals surface area contributed by atoms with E-state index in [0.717, 1.165) is 27.5 Å². The van der Waals surface area contributed by atoms with Crippen LogP contribution in [0.25, 0.3) is 0 Å². The first-order chi connectivity index (χ1) is 21.5. The van der Waals surface area contributed by atoms with Crippen molar-refractivity contribution in [3.63, 3.8) is 0 Å². The molecule has 2 aliphatic rings. The molecule has 1 saturated heterocycles. The Kier molecular flexibility index (Phi) is 11.5. The Morgan fingerprint density at radius 1 is 0.978 bits per heavy atom. The summed E-state index contributed by atoms with van der Waals surface area (Å²) in [5.41, 5.74) is 2.79. The van der Waals surface area contributed by atoms with Crippen molar-refractivity contribution >= 4 is 51.9 Å². The van der Waals surface area contributed by atoms with Gasteiger partial charge < -0.3 is 29.2 Å². The number of rotatable bonds is 13. The minimum absolute atomic E-state index is 0. The van der Waals surface area contributed by atoms with E-state index in [1.807, 2.05) is 48.5 Å². The van der Waals surface area contributed by atoms with Crippen LogP contribution >= 0.6 is 0 Å². The average Bonchev–Trinajstić information content (AvgIpc) is 3.30. The molecule has 1 aromatic heterocycles. The zero-order chi connectivity index (χ0) is 32.1. The Morgan fingerprint density at radius 2 is 1.54 bits per heavy atom. The van der Waals surface area contributed by atoms with Crippen molar-refractivity contribution in [1.82, 2.24) is 20.3 Å². The number of nitrogens with one attached hydrogen (secondary N) is 1. The fraction of sp³-hybridized carbons (Fsp3) is 0.300. The van der Waals surface area contributed by atoms with Gasteiger partial charge in [0.1, 0.15) is 36.8 Å². The molecule has 0 spiro atoms. The van der Waals surface area contributed by atoms with Crippen LogP contribution < -0.4 is 24.3 Å². The van der Waals surface area contributed by atoms with E-state index in [4.69, 9.17) is 23.5 Å². The Balaban J connectivity index is 0.00000480. The summed E-state index contributed by atoms with van der Waals surface area (Å²) >= 11 is 0. The summed E-state index contributed by atoms with van der Waals surface area (Å²) in [6, 6.07) is 13.9. The van der Waals surface area contributed by atoms with Gasteiger partial charge in [-0.05, 0) is 47.9 Å². The van der Waals surface area contributed by atoms with Gasteiger partial charge in [0.25, 0.3) is 0 Å². The number of nitrogens with zero attached hydrogens (tertiary/aromatic N) is 3. The molecule has 3 heterocycles. The van der Waals surface area contributed by atoms with Crippen LogP contribution in [-0.2, 0) is 39.2 Å². The summed E-state index contributed by atoms with van der Waals surface area (Å²) in [4.78, 5) is 31.6. The molecule has 240 valence electrons. The van der Waals surface area contributed by atoms with Crippen LogP contribution in [0.3, 0.4) is 0 Å². The Labute approximate surface area is 288 Å². The quantitative estimate of drug-likeness (QED) is 0.157. The zero-order valence-electron chi connectivity index (χ0n) is 24.7. The van der Waals surface area contributed by atoms with Gasteiger partial charge in [0, 0.05) is 6.07 Å². The second kappa shape index (κ2) is 15.2. The van der Waals surface area contributed by atoms with E-state index in [0.29, 0.717) is 27.8 Å². The van der Waals surface area contributed by atoms with Crippen molar-refractivity contribution in [3.8, 4) is 23.0 Å². The van der Waals surface area contributed by atoms with E-state index in [2.05, 4.69) is 14.6 Å². The maximum absolute atomic E-state index is 13.2. The molecule has 16 heteroatoms. The molecule has 3 amide bonds. The number of hydrogen-bond donors (Lipinski definition) is 2. The molecule has 3 aromatic rings. The van der Waals surface area contributed by atoms with E-state index < -0.39 is 34.4 Å². The zero-order valence-corrected chi connectivity index (χ0v) is 25.5. The molecule has 5 rings (SSSR count). The number of methoxy groups -OCH3 is 2.